The molecule has 0 aliphatic rings. The average molecular weight is 114 g/mol. The van der Waals surface area contributed by atoms with Crippen LogP contribution in [0.25, 0.3) is 0 Å². The molecule has 0 heterocycles. The highest BCUT2D eigenvalue weighted by Gasteiger charge is 2.14. The molecule has 0 radical (unpaired) electrons. The standard InChI is InChI=1S/C2H6F2NP/c1-5(2)6(3)4/h1-2H3/p+1. The molecule has 0 atom stereocenters. The molecule has 0 aromatic rings. The van der Waals surface area contributed by atoms with Crippen LogP contribution in [0.3, 0.4) is 0 Å². The summed E-state index contributed by atoms with van der Waals surface area (Å²) in [4.78, 5) is 0. The van der Waals surface area contributed by atoms with E-state index in [2.05, 4.69) is 0 Å². The van der Waals surface area contributed by atoms with Crippen molar-refractivity contribution in [2.45, 2.75) is 0 Å². The third-order valence-electron chi connectivity index (χ3n) is 0.338. The van der Waals surface area contributed by atoms with E-state index in [0.29, 0.717) is 0 Å². The molecule has 0 fully saturated rings. The SMILES string of the molecule is CN(C)[PH+](F)F. The van der Waals surface area contributed by atoms with Crippen molar-refractivity contribution < 1.29 is 8.39 Å². The van der Waals surface area contributed by atoms with E-state index in [1.807, 2.05) is 0 Å². The van der Waals surface area contributed by atoms with Crippen LogP contribution in [0, 0.1) is 0 Å². The van der Waals surface area contributed by atoms with E-state index < -0.39 is 8.69 Å². The summed E-state index contributed by atoms with van der Waals surface area (Å²) in [5.74, 6) is 0. The number of rotatable bonds is 1. The Morgan fingerprint density at radius 2 is 1.50 bits per heavy atom. The molecule has 0 rings (SSSR count). The van der Waals surface area contributed by atoms with Crippen LogP contribution in [0.4, 0.5) is 8.39 Å². The summed E-state index contributed by atoms with van der Waals surface area (Å²) in [6, 6.07) is 0. The third kappa shape index (κ3) is 2.49. The predicted octanol–water partition coefficient (Wildman–Crippen LogP) is 1.45. The van der Waals surface area contributed by atoms with E-state index in [9.17, 15) is 8.39 Å². The van der Waals surface area contributed by atoms with Gasteiger partial charge in [-0.25, -0.2) is 0 Å². The normalized spacial score (nSPS) is 11.0. The van der Waals surface area contributed by atoms with Crippen LogP contribution < -0.4 is 0 Å². The van der Waals surface area contributed by atoms with Crippen LogP contribution in [-0.2, 0) is 0 Å². The summed E-state index contributed by atoms with van der Waals surface area (Å²) in [6.07, 6.45) is 0. The smallest absolute Gasteiger partial charge is 0.128 e. The predicted molar refractivity (Wildman–Crippen MR) is 24.2 cm³/mol. The molecule has 0 bridgehead atoms. The summed E-state index contributed by atoms with van der Waals surface area (Å²) < 4.78 is 23.3. The van der Waals surface area contributed by atoms with Crippen LogP contribution in [0.2, 0.25) is 0 Å². The van der Waals surface area contributed by atoms with Gasteiger partial charge in [0.2, 0.25) is 0 Å². The quantitative estimate of drug-likeness (QED) is 0.466. The highest BCUT2D eigenvalue weighted by atomic mass is 31.2. The molecule has 1 nitrogen and oxygen atoms in total. The lowest BCUT2D eigenvalue weighted by Gasteiger charge is -1.91. The largest absolute Gasteiger partial charge is 0.450 e. The molecule has 0 aromatic carbocycles. The van der Waals surface area contributed by atoms with Crippen molar-refractivity contribution in [2.24, 2.45) is 0 Å². The fourth-order valence-electron chi connectivity index (χ4n) is 0. The molecule has 6 heavy (non-hydrogen) atoms. The zero-order valence-electron chi connectivity index (χ0n) is 3.70. The van der Waals surface area contributed by atoms with Gasteiger partial charge in [-0.2, -0.15) is 0 Å². The zero-order valence-corrected chi connectivity index (χ0v) is 4.70. The Morgan fingerprint density at radius 1 is 1.33 bits per heavy atom. The second kappa shape index (κ2) is 2.43. The second-order valence-electron chi connectivity index (χ2n) is 1.13. The van der Waals surface area contributed by atoms with Gasteiger partial charge in [-0.05, 0) is 8.39 Å². The molecule has 0 aliphatic carbocycles. The van der Waals surface area contributed by atoms with E-state index in [1.165, 1.54) is 14.1 Å². The minimum Gasteiger partial charge on any atom is -0.128 e. The highest BCUT2D eigenvalue weighted by Crippen LogP contribution is 2.39. The molecule has 0 amide bonds. The molecule has 0 saturated carbocycles. The first-order valence-corrected chi connectivity index (χ1v) is 2.70. The first-order chi connectivity index (χ1) is 2.64. The minimum atomic E-state index is -3.12. The van der Waals surface area contributed by atoms with Crippen LogP contribution in [0.15, 0.2) is 0 Å². The Kier molecular flexibility index (Phi) is 2.53. The number of halogens is 2. The van der Waals surface area contributed by atoms with Gasteiger partial charge in [0.15, 0.2) is 0 Å². The fraction of sp³-hybridized carbons (Fsp3) is 1.00. The van der Waals surface area contributed by atoms with Gasteiger partial charge in [-0.1, -0.05) is 0 Å². The molecule has 4 heteroatoms. The van der Waals surface area contributed by atoms with Gasteiger partial charge in [-0.3, -0.25) is 0 Å². The molecule has 0 aliphatic heterocycles. The lowest BCUT2D eigenvalue weighted by Crippen LogP contribution is -1.96. The Labute approximate surface area is 37.0 Å². The summed E-state index contributed by atoms with van der Waals surface area (Å²) in [7, 11) is -0.380. The molecule has 0 N–H and O–H groups in total. The summed E-state index contributed by atoms with van der Waals surface area (Å²) in [5, 5.41) is 0. The maximum Gasteiger partial charge on any atom is 0.450 e. The van der Waals surface area contributed by atoms with Crippen molar-refractivity contribution in [2.75, 3.05) is 14.1 Å². The Bertz CT molecular complexity index is 32.5. The summed E-state index contributed by atoms with van der Waals surface area (Å²) in [6.45, 7) is 0. The van der Waals surface area contributed by atoms with Crippen molar-refractivity contribution in [3.05, 3.63) is 0 Å². The highest BCUT2D eigenvalue weighted by molar-refractivity contribution is 7.43. The first kappa shape index (κ1) is 6.25. The average Bonchev–Trinajstić information content (AvgIpc) is 1.36. The van der Waals surface area contributed by atoms with Gasteiger partial charge in [0.25, 0.3) is 0 Å². The van der Waals surface area contributed by atoms with Crippen LogP contribution in [0.5, 0.6) is 0 Å². The number of nitrogens with zero attached hydrogens (tertiary/aromatic N) is 1. The Hall–Kier alpha value is 0.250. The van der Waals surface area contributed by atoms with Gasteiger partial charge in [0.1, 0.15) is 0 Å². The number of hydrogen-bond donors (Lipinski definition) is 0. The van der Waals surface area contributed by atoms with E-state index in [1.54, 1.807) is 0 Å². The van der Waals surface area contributed by atoms with E-state index in [0.717, 1.165) is 4.67 Å². The fourth-order valence-corrected chi connectivity index (χ4v) is 0. The monoisotopic (exact) mass is 114 g/mol. The van der Waals surface area contributed by atoms with E-state index in [4.69, 9.17) is 0 Å². The molecule has 0 saturated heterocycles. The lowest BCUT2D eigenvalue weighted by molar-refractivity contribution is 0.560. The summed E-state index contributed by atoms with van der Waals surface area (Å²) >= 11 is 0. The lowest BCUT2D eigenvalue weighted by atomic mass is 11.3. The molecular formula is C2H7F2NP+. The van der Waals surface area contributed by atoms with Gasteiger partial charge in [0.05, 0.1) is 0 Å². The Morgan fingerprint density at radius 3 is 1.50 bits per heavy atom. The van der Waals surface area contributed by atoms with Crippen molar-refractivity contribution in [3.63, 3.8) is 0 Å². The van der Waals surface area contributed by atoms with Crippen LogP contribution in [-0.4, -0.2) is 18.8 Å². The van der Waals surface area contributed by atoms with Crippen molar-refractivity contribution >= 4 is 8.69 Å². The van der Waals surface area contributed by atoms with Crippen molar-refractivity contribution in [1.29, 1.82) is 0 Å². The van der Waals surface area contributed by atoms with E-state index in [-0.39, 0.29) is 0 Å². The second-order valence-corrected chi connectivity index (χ2v) is 2.51. The third-order valence-corrected chi connectivity index (χ3v) is 1.01. The minimum absolute atomic E-state index is 0.935. The molecule has 0 unspecified atom stereocenters. The maximum atomic E-state index is 11.2. The van der Waals surface area contributed by atoms with Crippen LogP contribution in [0.1, 0.15) is 0 Å². The van der Waals surface area contributed by atoms with Crippen LogP contribution >= 0.6 is 8.69 Å². The Balaban J connectivity index is 2.99. The van der Waals surface area contributed by atoms with Gasteiger partial charge in [0, 0.05) is 14.1 Å². The maximum absolute atomic E-state index is 11.2. The molecule has 38 valence electrons. The van der Waals surface area contributed by atoms with E-state index >= 15 is 0 Å². The molecule has 0 aromatic heterocycles. The number of hydrogen-bond acceptors (Lipinski definition) is 1. The topological polar surface area (TPSA) is 3.24 Å². The molecular weight excluding hydrogens is 107 g/mol. The van der Waals surface area contributed by atoms with Crippen molar-refractivity contribution in [1.82, 2.24) is 4.67 Å². The van der Waals surface area contributed by atoms with Gasteiger partial charge in [-0.15, -0.1) is 4.67 Å². The zero-order chi connectivity index (χ0) is 5.15. The van der Waals surface area contributed by atoms with Gasteiger partial charge >= 0.3 is 8.69 Å². The van der Waals surface area contributed by atoms with Gasteiger partial charge < -0.3 is 0 Å². The molecule has 0 spiro atoms. The summed E-state index contributed by atoms with van der Waals surface area (Å²) in [5.41, 5.74) is 0. The first-order valence-electron chi connectivity index (χ1n) is 1.50. The van der Waals surface area contributed by atoms with Crippen molar-refractivity contribution in [3.8, 4) is 0 Å².